The lowest BCUT2D eigenvalue weighted by atomic mass is 9.80. The number of nitrogens with two attached hydrogens (primary N) is 1. The number of halogens is 1. The maximum Gasteiger partial charge on any atom is 0.234 e. The van der Waals surface area contributed by atoms with Gasteiger partial charge in [-0.2, -0.15) is 0 Å². The molecule has 5 heteroatoms. The molecule has 1 aromatic rings. The van der Waals surface area contributed by atoms with Gasteiger partial charge in [0.05, 0.1) is 12.6 Å². The molecule has 0 aromatic heterocycles. The minimum absolute atomic E-state index is 0. The highest BCUT2D eigenvalue weighted by molar-refractivity contribution is 5.85. The van der Waals surface area contributed by atoms with Crippen molar-refractivity contribution in [2.24, 2.45) is 11.1 Å². The van der Waals surface area contributed by atoms with E-state index in [0.29, 0.717) is 6.54 Å². The first-order valence-electron chi connectivity index (χ1n) is 9.74. The van der Waals surface area contributed by atoms with E-state index in [2.05, 4.69) is 49.2 Å². The Morgan fingerprint density at radius 3 is 2.69 bits per heavy atom. The highest BCUT2D eigenvalue weighted by Gasteiger charge is 2.34. The third-order valence-corrected chi connectivity index (χ3v) is 6.01. The second kappa shape index (κ2) is 8.73. The second-order valence-corrected chi connectivity index (χ2v) is 8.62. The summed E-state index contributed by atoms with van der Waals surface area (Å²) < 4.78 is 0. The zero-order valence-electron chi connectivity index (χ0n) is 16.4. The van der Waals surface area contributed by atoms with Gasteiger partial charge in [0.15, 0.2) is 0 Å². The summed E-state index contributed by atoms with van der Waals surface area (Å²) in [6, 6.07) is 7.00. The van der Waals surface area contributed by atoms with Gasteiger partial charge in [0, 0.05) is 19.1 Å². The van der Waals surface area contributed by atoms with Crippen LogP contribution in [-0.2, 0) is 17.6 Å². The van der Waals surface area contributed by atoms with E-state index in [0.717, 1.165) is 19.5 Å². The summed E-state index contributed by atoms with van der Waals surface area (Å²) in [4.78, 5) is 14.7. The van der Waals surface area contributed by atoms with Crippen molar-refractivity contribution in [3.05, 3.63) is 34.9 Å². The highest BCUT2D eigenvalue weighted by atomic mass is 35.5. The van der Waals surface area contributed by atoms with Gasteiger partial charge in [-0.3, -0.25) is 9.69 Å². The molecule has 1 aromatic carbocycles. The smallest absolute Gasteiger partial charge is 0.234 e. The van der Waals surface area contributed by atoms with Crippen LogP contribution in [-0.4, -0.2) is 36.5 Å². The van der Waals surface area contributed by atoms with Crippen LogP contribution in [0.3, 0.4) is 0 Å². The Kier molecular flexibility index (Phi) is 7.12. The molecule has 1 aliphatic heterocycles. The first-order valence-corrected chi connectivity index (χ1v) is 9.74. The molecule has 1 fully saturated rings. The van der Waals surface area contributed by atoms with Crippen molar-refractivity contribution < 1.29 is 4.79 Å². The van der Waals surface area contributed by atoms with E-state index in [1.807, 2.05) is 0 Å². The maximum atomic E-state index is 12.5. The number of fused-ring (bicyclic) bond motifs is 1. The SMILES string of the molecule is CC(NC(=O)CN1CCC(N)C(C)(C)C1)c1ccc2c(c1)CCCC2.Cl. The second-order valence-electron chi connectivity index (χ2n) is 8.62. The minimum Gasteiger partial charge on any atom is -0.348 e. The van der Waals surface area contributed by atoms with Gasteiger partial charge >= 0.3 is 0 Å². The van der Waals surface area contributed by atoms with Crippen LogP contribution in [0.4, 0.5) is 0 Å². The number of piperidine rings is 1. The molecular formula is C21H34ClN3O. The molecule has 3 rings (SSSR count). The Morgan fingerprint density at radius 1 is 1.31 bits per heavy atom. The van der Waals surface area contributed by atoms with E-state index < -0.39 is 0 Å². The van der Waals surface area contributed by atoms with E-state index in [9.17, 15) is 4.79 Å². The zero-order valence-corrected chi connectivity index (χ0v) is 17.2. The number of hydrogen-bond donors (Lipinski definition) is 2. The van der Waals surface area contributed by atoms with E-state index in [-0.39, 0.29) is 35.8 Å². The quantitative estimate of drug-likeness (QED) is 0.844. The fourth-order valence-electron chi connectivity index (χ4n) is 4.22. The molecule has 2 aliphatic rings. The molecular weight excluding hydrogens is 346 g/mol. The lowest BCUT2D eigenvalue weighted by Crippen LogP contribution is -2.54. The van der Waals surface area contributed by atoms with E-state index in [1.165, 1.54) is 42.4 Å². The molecule has 1 saturated heterocycles. The Balaban J connectivity index is 0.00000243. The maximum absolute atomic E-state index is 12.5. The summed E-state index contributed by atoms with van der Waals surface area (Å²) in [6.45, 7) is 8.72. The van der Waals surface area contributed by atoms with Crippen LogP contribution in [0, 0.1) is 5.41 Å². The van der Waals surface area contributed by atoms with Crippen LogP contribution in [0.5, 0.6) is 0 Å². The highest BCUT2D eigenvalue weighted by Crippen LogP contribution is 2.28. The third-order valence-electron chi connectivity index (χ3n) is 6.01. The lowest BCUT2D eigenvalue weighted by Gasteiger charge is -2.42. The predicted molar refractivity (Wildman–Crippen MR) is 110 cm³/mol. The first kappa shape index (κ1) is 21.2. The minimum atomic E-state index is 0. The van der Waals surface area contributed by atoms with Crippen molar-refractivity contribution in [1.29, 1.82) is 0 Å². The van der Waals surface area contributed by atoms with Gasteiger partial charge in [-0.15, -0.1) is 12.4 Å². The van der Waals surface area contributed by atoms with E-state index in [4.69, 9.17) is 5.73 Å². The summed E-state index contributed by atoms with van der Waals surface area (Å²) in [7, 11) is 0. The normalized spacial score (nSPS) is 23.5. The van der Waals surface area contributed by atoms with Crippen LogP contribution >= 0.6 is 12.4 Å². The number of likely N-dealkylation sites (tertiary alicyclic amines) is 1. The van der Waals surface area contributed by atoms with Crippen LogP contribution in [0.1, 0.15) is 62.8 Å². The van der Waals surface area contributed by atoms with E-state index >= 15 is 0 Å². The topological polar surface area (TPSA) is 58.4 Å². The van der Waals surface area contributed by atoms with Crippen molar-refractivity contribution in [2.45, 2.75) is 65.0 Å². The Hall–Kier alpha value is -1.10. The molecule has 1 amide bonds. The summed E-state index contributed by atoms with van der Waals surface area (Å²) in [6.07, 6.45) is 5.91. The standard InChI is InChI=1S/C21H33N3O.ClH/c1-15(17-9-8-16-6-4-5-7-18(16)12-17)23-20(25)13-24-11-10-19(22)21(2,3)14-24;/h8-9,12,15,19H,4-7,10-11,13-14,22H2,1-3H3,(H,23,25);1H. The van der Waals surface area contributed by atoms with Gasteiger partial charge in [-0.05, 0) is 61.1 Å². The van der Waals surface area contributed by atoms with Crippen LogP contribution in [0.15, 0.2) is 18.2 Å². The number of benzene rings is 1. The Labute approximate surface area is 164 Å². The zero-order chi connectivity index (χ0) is 18.0. The average Bonchev–Trinajstić information content (AvgIpc) is 2.57. The molecule has 0 spiro atoms. The number of rotatable bonds is 4. The van der Waals surface area contributed by atoms with Gasteiger partial charge in [-0.25, -0.2) is 0 Å². The van der Waals surface area contributed by atoms with Gasteiger partial charge in [0.2, 0.25) is 5.91 Å². The van der Waals surface area contributed by atoms with Crippen molar-refractivity contribution in [3.8, 4) is 0 Å². The van der Waals surface area contributed by atoms with Gasteiger partial charge in [-0.1, -0.05) is 32.0 Å². The summed E-state index contributed by atoms with van der Waals surface area (Å²) in [5.41, 5.74) is 10.4. The van der Waals surface area contributed by atoms with Crippen LogP contribution in [0.2, 0.25) is 0 Å². The third kappa shape index (κ3) is 4.99. The molecule has 0 saturated carbocycles. The monoisotopic (exact) mass is 379 g/mol. The molecule has 3 N–H and O–H groups in total. The molecule has 0 bridgehead atoms. The predicted octanol–water partition coefficient (Wildman–Crippen LogP) is 3.22. The molecule has 4 nitrogen and oxygen atoms in total. The van der Waals surface area contributed by atoms with Gasteiger partial charge < -0.3 is 11.1 Å². The van der Waals surface area contributed by atoms with Crippen molar-refractivity contribution in [1.82, 2.24) is 10.2 Å². The Bertz CT molecular complexity index is 632. The summed E-state index contributed by atoms with van der Waals surface area (Å²) in [5, 5.41) is 3.18. The van der Waals surface area contributed by atoms with Crippen molar-refractivity contribution in [2.75, 3.05) is 19.6 Å². The average molecular weight is 380 g/mol. The van der Waals surface area contributed by atoms with Gasteiger partial charge in [0.25, 0.3) is 0 Å². The van der Waals surface area contributed by atoms with E-state index in [1.54, 1.807) is 0 Å². The number of amides is 1. The number of carbonyl (C=O) groups excluding carboxylic acids is 1. The first-order chi connectivity index (χ1) is 11.8. The number of carbonyl (C=O) groups is 1. The van der Waals surface area contributed by atoms with Crippen molar-refractivity contribution >= 4 is 18.3 Å². The largest absolute Gasteiger partial charge is 0.348 e. The Morgan fingerprint density at radius 2 is 2.00 bits per heavy atom. The number of nitrogens with one attached hydrogen (secondary N) is 1. The molecule has 2 atom stereocenters. The lowest BCUT2D eigenvalue weighted by molar-refractivity contribution is -0.123. The molecule has 26 heavy (non-hydrogen) atoms. The molecule has 0 radical (unpaired) electrons. The number of nitrogens with zero attached hydrogens (tertiary/aromatic N) is 1. The summed E-state index contributed by atoms with van der Waals surface area (Å²) >= 11 is 0. The van der Waals surface area contributed by atoms with Crippen molar-refractivity contribution in [3.63, 3.8) is 0 Å². The molecule has 2 unspecified atom stereocenters. The fourth-order valence-corrected chi connectivity index (χ4v) is 4.22. The van der Waals surface area contributed by atoms with Crippen LogP contribution in [0.25, 0.3) is 0 Å². The molecule has 1 heterocycles. The molecule has 146 valence electrons. The number of hydrogen-bond acceptors (Lipinski definition) is 3. The summed E-state index contributed by atoms with van der Waals surface area (Å²) in [5.74, 6) is 0.108. The number of aryl methyl sites for hydroxylation is 2. The van der Waals surface area contributed by atoms with Gasteiger partial charge in [0.1, 0.15) is 0 Å². The fraction of sp³-hybridized carbons (Fsp3) is 0.667. The molecule has 1 aliphatic carbocycles. The van der Waals surface area contributed by atoms with Crippen LogP contribution < -0.4 is 11.1 Å².